The van der Waals surface area contributed by atoms with Gasteiger partial charge in [-0.25, -0.2) is 9.79 Å². The molecule has 1 heterocycles. The van der Waals surface area contributed by atoms with E-state index in [1.165, 1.54) is 18.1 Å². The average molecular weight is 271 g/mol. The Labute approximate surface area is 110 Å². The molecule has 0 saturated carbocycles. The average Bonchev–Trinajstić information content (AvgIpc) is 2.67. The van der Waals surface area contributed by atoms with Gasteiger partial charge in [0.2, 0.25) is 0 Å². The summed E-state index contributed by atoms with van der Waals surface area (Å²) < 4.78 is 0. The summed E-state index contributed by atoms with van der Waals surface area (Å²) in [5, 5.41) is 18.1. The number of aliphatic hydroxyl groups excluding tert-OH is 1. The van der Waals surface area contributed by atoms with E-state index in [0.29, 0.717) is 24.4 Å². The number of carboxylic acids is 1. The maximum atomic E-state index is 11.0. The predicted molar refractivity (Wildman–Crippen MR) is 73.2 cm³/mol. The third kappa shape index (κ3) is 4.50. The SMILES string of the molecule is C[C@@H](O)/C=C1\CC(SCCN=CN)C(C(=O)O)=N1. The number of nitrogens with zero attached hydrogens (tertiary/aromatic N) is 2. The maximum absolute atomic E-state index is 11.0. The zero-order chi connectivity index (χ0) is 13.5. The molecule has 0 radical (unpaired) electrons. The summed E-state index contributed by atoms with van der Waals surface area (Å²) in [6.07, 6.45) is 2.72. The molecular formula is C11H17N3O3S. The van der Waals surface area contributed by atoms with Crippen molar-refractivity contribution in [3.8, 4) is 0 Å². The normalized spacial score (nSPS) is 23.6. The number of aliphatic imine (C=N–C) groups is 2. The van der Waals surface area contributed by atoms with E-state index in [-0.39, 0.29) is 11.0 Å². The lowest BCUT2D eigenvalue weighted by atomic mass is 10.2. The van der Waals surface area contributed by atoms with Crippen LogP contribution in [0.25, 0.3) is 0 Å². The van der Waals surface area contributed by atoms with Crippen LogP contribution in [0.2, 0.25) is 0 Å². The van der Waals surface area contributed by atoms with Crippen molar-refractivity contribution in [1.29, 1.82) is 0 Å². The molecule has 7 heteroatoms. The van der Waals surface area contributed by atoms with Crippen molar-refractivity contribution in [2.24, 2.45) is 15.7 Å². The fourth-order valence-corrected chi connectivity index (χ4v) is 2.68. The zero-order valence-electron chi connectivity index (χ0n) is 10.1. The van der Waals surface area contributed by atoms with Gasteiger partial charge in [-0.05, 0) is 13.0 Å². The highest BCUT2D eigenvalue weighted by Crippen LogP contribution is 2.28. The Morgan fingerprint density at radius 1 is 1.78 bits per heavy atom. The lowest BCUT2D eigenvalue weighted by molar-refractivity contribution is -0.129. The van der Waals surface area contributed by atoms with Crippen LogP contribution in [0.5, 0.6) is 0 Å². The molecule has 18 heavy (non-hydrogen) atoms. The second-order valence-electron chi connectivity index (χ2n) is 3.82. The highest BCUT2D eigenvalue weighted by molar-refractivity contribution is 8.00. The van der Waals surface area contributed by atoms with Crippen LogP contribution in [-0.2, 0) is 4.79 Å². The molecule has 0 spiro atoms. The number of thioether (sulfide) groups is 1. The lowest BCUT2D eigenvalue weighted by Crippen LogP contribution is -2.22. The predicted octanol–water partition coefficient (Wildman–Crippen LogP) is 0.269. The van der Waals surface area contributed by atoms with Gasteiger partial charge in [0.05, 0.1) is 17.7 Å². The van der Waals surface area contributed by atoms with Crippen LogP contribution in [0.1, 0.15) is 13.3 Å². The van der Waals surface area contributed by atoms with E-state index in [2.05, 4.69) is 9.98 Å². The Morgan fingerprint density at radius 2 is 2.50 bits per heavy atom. The van der Waals surface area contributed by atoms with Crippen LogP contribution in [0.15, 0.2) is 21.8 Å². The number of aliphatic hydroxyl groups is 1. The second-order valence-corrected chi connectivity index (χ2v) is 5.13. The van der Waals surface area contributed by atoms with Crippen LogP contribution >= 0.6 is 11.8 Å². The minimum atomic E-state index is -1.01. The fourth-order valence-electron chi connectivity index (χ4n) is 1.59. The Balaban J connectivity index is 2.63. The van der Waals surface area contributed by atoms with Gasteiger partial charge in [0.25, 0.3) is 0 Å². The minimum absolute atomic E-state index is 0.142. The summed E-state index contributed by atoms with van der Waals surface area (Å²) in [6, 6.07) is 0. The van der Waals surface area contributed by atoms with Gasteiger partial charge < -0.3 is 15.9 Å². The number of hydrogen-bond donors (Lipinski definition) is 3. The van der Waals surface area contributed by atoms with Crippen LogP contribution in [0, 0.1) is 0 Å². The fraction of sp³-hybridized carbons (Fsp3) is 0.545. The molecule has 6 nitrogen and oxygen atoms in total. The summed E-state index contributed by atoms with van der Waals surface area (Å²) in [5.41, 5.74) is 5.89. The molecule has 0 fully saturated rings. The number of nitrogens with two attached hydrogens (primary N) is 1. The Kier molecular flexibility index (Phi) is 5.87. The van der Waals surface area contributed by atoms with Crippen molar-refractivity contribution >= 4 is 29.8 Å². The molecule has 1 rings (SSSR count). The van der Waals surface area contributed by atoms with Gasteiger partial charge in [-0.3, -0.25) is 4.99 Å². The van der Waals surface area contributed by atoms with Gasteiger partial charge in [-0.15, -0.1) is 11.8 Å². The quantitative estimate of drug-likeness (QED) is 0.365. The van der Waals surface area contributed by atoms with Gasteiger partial charge in [0.1, 0.15) is 5.71 Å². The third-order valence-corrected chi connectivity index (χ3v) is 3.47. The standard InChI is InChI=1S/C11H17N3O3S/c1-7(15)4-8-5-9(10(14-8)11(16)17)18-3-2-13-6-12/h4,6-7,9,15H,2-3,5H2,1H3,(H2,12,13)(H,16,17)/b8-4+/t7-,9?/m1/s1. The van der Waals surface area contributed by atoms with Gasteiger partial charge in [0, 0.05) is 24.4 Å². The molecule has 0 aliphatic carbocycles. The number of hydrogen-bond acceptors (Lipinski definition) is 5. The highest BCUT2D eigenvalue weighted by atomic mass is 32.2. The first kappa shape index (κ1) is 14.7. The van der Waals surface area contributed by atoms with Crippen LogP contribution < -0.4 is 5.73 Å². The van der Waals surface area contributed by atoms with E-state index in [4.69, 9.17) is 10.8 Å². The van der Waals surface area contributed by atoms with Crippen molar-refractivity contribution < 1.29 is 15.0 Å². The molecule has 0 bridgehead atoms. The molecule has 0 aromatic carbocycles. The first-order valence-corrected chi connectivity index (χ1v) is 6.61. The molecule has 0 amide bonds. The molecule has 2 atom stereocenters. The maximum Gasteiger partial charge on any atom is 0.351 e. The number of aliphatic carboxylic acids is 1. The molecule has 0 saturated heterocycles. The third-order valence-electron chi connectivity index (χ3n) is 2.26. The smallest absolute Gasteiger partial charge is 0.351 e. The van der Waals surface area contributed by atoms with Crippen molar-refractivity contribution in [3.05, 3.63) is 11.8 Å². The van der Waals surface area contributed by atoms with Gasteiger partial charge in [-0.1, -0.05) is 0 Å². The zero-order valence-corrected chi connectivity index (χ0v) is 10.9. The van der Waals surface area contributed by atoms with E-state index in [1.807, 2.05) is 0 Å². The monoisotopic (exact) mass is 271 g/mol. The van der Waals surface area contributed by atoms with Crippen LogP contribution in [-0.4, -0.2) is 51.9 Å². The summed E-state index contributed by atoms with van der Waals surface area (Å²) in [4.78, 5) is 19.0. The van der Waals surface area contributed by atoms with Crippen molar-refractivity contribution in [2.75, 3.05) is 12.3 Å². The number of rotatable bonds is 6. The largest absolute Gasteiger partial charge is 0.477 e. The molecule has 100 valence electrons. The summed E-state index contributed by atoms with van der Waals surface area (Å²) in [6.45, 7) is 2.17. The minimum Gasteiger partial charge on any atom is -0.477 e. The molecule has 4 N–H and O–H groups in total. The highest BCUT2D eigenvalue weighted by Gasteiger charge is 2.29. The Bertz CT molecular complexity index is 391. The van der Waals surface area contributed by atoms with E-state index < -0.39 is 12.1 Å². The molecule has 0 aromatic heterocycles. The molecule has 0 aromatic rings. The summed E-state index contributed by atoms with van der Waals surface area (Å²) >= 11 is 1.49. The molecular weight excluding hydrogens is 254 g/mol. The summed E-state index contributed by atoms with van der Waals surface area (Å²) in [7, 11) is 0. The van der Waals surface area contributed by atoms with Crippen LogP contribution in [0.4, 0.5) is 0 Å². The molecule has 1 aliphatic rings. The van der Waals surface area contributed by atoms with Gasteiger partial charge >= 0.3 is 5.97 Å². The lowest BCUT2D eigenvalue weighted by Gasteiger charge is -2.08. The van der Waals surface area contributed by atoms with E-state index in [1.54, 1.807) is 13.0 Å². The van der Waals surface area contributed by atoms with Crippen molar-refractivity contribution in [2.45, 2.75) is 24.7 Å². The number of carbonyl (C=O) groups is 1. The first-order chi connectivity index (χ1) is 8.54. The molecule has 1 aliphatic heterocycles. The summed E-state index contributed by atoms with van der Waals surface area (Å²) in [5.74, 6) is -0.323. The van der Waals surface area contributed by atoms with Crippen molar-refractivity contribution in [1.82, 2.24) is 0 Å². The van der Waals surface area contributed by atoms with Crippen molar-refractivity contribution in [3.63, 3.8) is 0 Å². The second kappa shape index (κ2) is 7.17. The first-order valence-electron chi connectivity index (χ1n) is 5.57. The van der Waals surface area contributed by atoms with E-state index in [9.17, 15) is 9.90 Å². The topological polar surface area (TPSA) is 108 Å². The number of carboxylic acid groups (broad SMARTS) is 1. The van der Waals surface area contributed by atoms with E-state index in [0.717, 1.165) is 0 Å². The van der Waals surface area contributed by atoms with Gasteiger partial charge in [0.15, 0.2) is 0 Å². The molecule has 1 unspecified atom stereocenters. The van der Waals surface area contributed by atoms with Gasteiger partial charge in [-0.2, -0.15) is 0 Å². The Hall–Kier alpha value is -1.34. The van der Waals surface area contributed by atoms with E-state index >= 15 is 0 Å². The Morgan fingerprint density at radius 3 is 3.06 bits per heavy atom. The van der Waals surface area contributed by atoms with Crippen LogP contribution in [0.3, 0.4) is 0 Å². The number of allylic oxidation sites excluding steroid dienone is 1.